The van der Waals surface area contributed by atoms with Crippen LogP contribution in [0.2, 0.25) is 0 Å². The molecule has 0 aromatic heterocycles. The molecule has 0 saturated carbocycles. The minimum atomic E-state index is -1.01. The fraction of sp³-hybridized carbons (Fsp3) is 0.824. The van der Waals surface area contributed by atoms with Gasteiger partial charge >= 0.3 is 18.0 Å². The van der Waals surface area contributed by atoms with Crippen LogP contribution in [0.1, 0.15) is 20.8 Å². The summed E-state index contributed by atoms with van der Waals surface area (Å²) in [5.41, 5.74) is 6.08. The third-order valence-corrected chi connectivity index (χ3v) is 2.85. The molecule has 14 N–H and O–H groups in total. The summed E-state index contributed by atoms with van der Waals surface area (Å²) in [7, 11) is 0. The number of nitrogens with two attached hydrogens (primary N) is 2. The van der Waals surface area contributed by atoms with Crippen LogP contribution in [0, 0.1) is 0 Å². The number of hydrogen-bond donors (Lipinski definition) is 12. The first-order valence-electron chi connectivity index (χ1n) is 9.80. The Labute approximate surface area is 204 Å². The number of carbonyl (C=O) groups is 3. The van der Waals surface area contributed by atoms with E-state index in [4.69, 9.17) is 47.0 Å². The maximum Gasteiger partial charge on any atom is 0.328 e. The Morgan fingerprint density at radius 3 is 1.53 bits per heavy atom. The van der Waals surface area contributed by atoms with Crippen molar-refractivity contribution in [2.24, 2.45) is 11.6 Å². The molecule has 0 radical (unpaired) electrons. The third-order valence-electron chi connectivity index (χ3n) is 2.85. The first-order chi connectivity index (χ1) is 15.3. The second-order valence-electron chi connectivity index (χ2n) is 7.25. The zero-order chi connectivity index (χ0) is 26.4. The molecule has 17 heteroatoms. The monoisotopic (exact) mass is 524 g/mol. The quantitative estimate of drug-likeness (QED) is 0.0554. The Balaban J connectivity index is -0.000000224. The summed E-state index contributed by atoms with van der Waals surface area (Å²) in [6, 6.07) is -1.20. The highest BCUT2D eigenvalue weighted by Gasteiger charge is 2.16. The largest absolute Gasteiger partial charge is 0.459 e. The average Bonchev–Trinajstić information content (AvgIpc) is 2.78. The van der Waals surface area contributed by atoms with Crippen LogP contribution in [0.15, 0.2) is 0 Å². The van der Waals surface area contributed by atoms with Gasteiger partial charge in [-0.25, -0.2) is 15.4 Å². The normalized spacial score (nSPS) is 12.6. The topological polar surface area (TPSA) is 282 Å². The summed E-state index contributed by atoms with van der Waals surface area (Å²) in [6.07, 6.45) is -2.68. The lowest BCUT2D eigenvalue weighted by atomic mass is 10.2. The highest BCUT2D eigenvalue weighted by molar-refractivity contribution is 5.85. The SMILES string of the molecule is CC(C)(C)OC(=O)CNC(=O)NC[C@H](O)CO.Cl.NC[C@H](O)CO.NNC(=O)NC[C@H](O)CO. The van der Waals surface area contributed by atoms with Gasteiger partial charge < -0.3 is 57.1 Å². The summed E-state index contributed by atoms with van der Waals surface area (Å²) < 4.78 is 4.96. The maximum absolute atomic E-state index is 11.2. The van der Waals surface area contributed by atoms with E-state index < -0.39 is 48.6 Å². The Bertz CT molecular complexity index is 524. The van der Waals surface area contributed by atoms with Gasteiger partial charge in [0.1, 0.15) is 12.1 Å². The minimum absolute atomic E-state index is 0. The Hall–Kier alpha value is -2.02. The molecule has 16 nitrogen and oxygen atoms in total. The second-order valence-corrected chi connectivity index (χ2v) is 7.25. The van der Waals surface area contributed by atoms with Crippen molar-refractivity contribution in [1.82, 2.24) is 21.4 Å². The summed E-state index contributed by atoms with van der Waals surface area (Å²) in [5.74, 6) is 4.15. The third kappa shape index (κ3) is 32.2. The second kappa shape index (κ2) is 24.1. The van der Waals surface area contributed by atoms with Crippen molar-refractivity contribution in [2.75, 3.05) is 46.0 Å². The first-order valence-corrected chi connectivity index (χ1v) is 9.80. The van der Waals surface area contributed by atoms with Gasteiger partial charge in [0.15, 0.2) is 0 Å². The van der Waals surface area contributed by atoms with E-state index in [0.29, 0.717) is 0 Å². The number of rotatable bonds is 10. The van der Waals surface area contributed by atoms with E-state index >= 15 is 0 Å². The van der Waals surface area contributed by atoms with Gasteiger partial charge in [0.25, 0.3) is 0 Å². The summed E-state index contributed by atoms with van der Waals surface area (Å²) in [5, 5.41) is 57.4. The molecule has 34 heavy (non-hydrogen) atoms. The molecule has 206 valence electrons. The van der Waals surface area contributed by atoms with E-state index in [2.05, 4.69) is 16.0 Å². The van der Waals surface area contributed by atoms with Crippen LogP contribution in [0.3, 0.4) is 0 Å². The molecule has 0 aliphatic heterocycles. The molecule has 0 aliphatic carbocycles. The number of esters is 1. The van der Waals surface area contributed by atoms with Gasteiger partial charge in [0, 0.05) is 19.6 Å². The Morgan fingerprint density at radius 1 is 0.824 bits per heavy atom. The van der Waals surface area contributed by atoms with Crippen LogP contribution in [-0.2, 0) is 9.53 Å². The summed E-state index contributed by atoms with van der Waals surface area (Å²) in [6.45, 7) is 3.90. The van der Waals surface area contributed by atoms with Gasteiger partial charge in [0.2, 0.25) is 0 Å². The number of aliphatic hydroxyl groups excluding tert-OH is 6. The van der Waals surface area contributed by atoms with Crippen molar-refractivity contribution in [1.29, 1.82) is 0 Å². The highest BCUT2D eigenvalue weighted by Crippen LogP contribution is 2.05. The number of ether oxygens (including phenoxy) is 1. The Morgan fingerprint density at radius 2 is 1.24 bits per heavy atom. The van der Waals surface area contributed by atoms with Crippen LogP contribution < -0.4 is 33.0 Å². The number of urea groups is 2. The van der Waals surface area contributed by atoms with Crippen molar-refractivity contribution in [3.05, 3.63) is 0 Å². The standard InChI is InChI=1S/C10H20N2O5.C4H11N3O3.C3H9NO2.ClH/c1-10(2,3)17-8(15)5-12-9(16)11-4-7(14)6-13;5-7-4(10)6-1-3(9)2-8;4-1-3(6)2-5;/h7,13-14H,4-6H2,1-3H3,(H2,11,12,16);3,8-9H,1-2,5H2,(H2,6,7,10);3,5-6H,1-2,4H2;1H/t7-;2*3-;/m000./s1. The maximum atomic E-state index is 11.2. The highest BCUT2D eigenvalue weighted by atomic mass is 35.5. The molecular weight excluding hydrogens is 484 g/mol. The lowest BCUT2D eigenvalue weighted by molar-refractivity contribution is -0.153. The van der Waals surface area contributed by atoms with Crippen LogP contribution >= 0.6 is 12.4 Å². The van der Waals surface area contributed by atoms with Crippen molar-refractivity contribution >= 4 is 30.4 Å². The van der Waals surface area contributed by atoms with E-state index in [1.807, 2.05) is 0 Å². The van der Waals surface area contributed by atoms with Crippen LogP contribution in [0.25, 0.3) is 0 Å². The van der Waals surface area contributed by atoms with Gasteiger partial charge in [-0.1, -0.05) is 0 Å². The van der Waals surface area contributed by atoms with E-state index in [1.165, 1.54) is 0 Å². The summed E-state index contributed by atoms with van der Waals surface area (Å²) >= 11 is 0. The van der Waals surface area contributed by atoms with Crippen molar-refractivity contribution in [3.63, 3.8) is 0 Å². The number of hydrazine groups is 1. The van der Waals surface area contributed by atoms with E-state index in [-0.39, 0.29) is 51.8 Å². The fourth-order valence-corrected chi connectivity index (χ4v) is 1.27. The molecule has 0 aliphatic rings. The average molecular weight is 525 g/mol. The fourth-order valence-electron chi connectivity index (χ4n) is 1.27. The minimum Gasteiger partial charge on any atom is -0.459 e. The zero-order valence-corrected chi connectivity index (χ0v) is 20.4. The van der Waals surface area contributed by atoms with E-state index in [0.717, 1.165) is 0 Å². The molecule has 0 fully saturated rings. The molecular formula is C17H41ClN6O10. The van der Waals surface area contributed by atoms with Gasteiger partial charge in [-0.3, -0.25) is 10.2 Å². The predicted octanol–water partition coefficient (Wildman–Crippen LogP) is -4.79. The van der Waals surface area contributed by atoms with Crippen molar-refractivity contribution in [2.45, 2.75) is 44.7 Å². The van der Waals surface area contributed by atoms with Gasteiger partial charge in [-0.15, -0.1) is 12.4 Å². The number of carbonyl (C=O) groups excluding carboxylic acids is 3. The van der Waals surface area contributed by atoms with Gasteiger partial charge in [-0.2, -0.15) is 0 Å². The van der Waals surface area contributed by atoms with E-state index in [1.54, 1.807) is 26.2 Å². The molecule has 0 spiro atoms. The molecule has 3 atom stereocenters. The molecule has 0 bridgehead atoms. The molecule has 0 unspecified atom stereocenters. The molecule has 0 heterocycles. The number of nitrogens with one attached hydrogen (secondary N) is 4. The Kier molecular flexibility index (Phi) is 27.8. The van der Waals surface area contributed by atoms with Crippen molar-refractivity contribution in [3.8, 4) is 0 Å². The molecule has 4 amide bonds. The van der Waals surface area contributed by atoms with Crippen LogP contribution in [0.4, 0.5) is 9.59 Å². The van der Waals surface area contributed by atoms with E-state index in [9.17, 15) is 14.4 Å². The predicted molar refractivity (Wildman–Crippen MR) is 124 cm³/mol. The number of hydrogen-bond acceptors (Lipinski definition) is 12. The van der Waals surface area contributed by atoms with Crippen LogP contribution in [0.5, 0.6) is 0 Å². The lowest BCUT2D eigenvalue weighted by Crippen LogP contribution is -2.43. The molecule has 0 rings (SSSR count). The smallest absolute Gasteiger partial charge is 0.328 e. The van der Waals surface area contributed by atoms with Crippen LogP contribution in [-0.4, -0.2) is 119 Å². The number of halogens is 1. The summed E-state index contributed by atoms with van der Waals surface area (Å²) in [4.78, 5) is 32.6. The number of aliphatic hydroxyl groups is 6. The van der Waals surface area contributed by atoms with Gasteiger partial charge in [0.05, 0.1) is 38.1 Å². The molecule has 0 saturated heterocycles. The lowest BCUT2D eigenvalue weighted by Gasteiger charge is -2.19. The first kappa shape index (κ1) is 39.2. The molecule has 0 aromatic carbocycles. The number of amides is 4. The zero-order valence-electron chi connectivity index (χ0n) is 19.6. The van der Waals surface area contributed by atoms with Gasteiger partial charge in [-0.05, 0) is 20.8 Å². The molecule has 0 aromatic rings. The van der Waals surface area contributed by atoms with Crippen molar-refractivity contribution < 1.29 is 49.8 Å².